The Morgan fingerprint density at radius 3 is 2.41 bits per heavy atom. The van der Waals surface area contributed by atoms with Crippen LogP contribution in [0, 0.1) is 0 Å². The number of ether oxygens (including phenoxy) is 1. The zero-order chi connectivity index (χ0) is 12.9. The Hall–Kier alpha value is -1.40. The maximum absolute atomic E-state index is 11.9. The van der Waals surface area contributed by atoms with Crippen molar-refractivity contribution in [3.63, 3.8) is 0 Å². The van der Waals surface area contributed by atoms with Crippen LogP contribution in [0.2, 0.25) is 0 Å². The molecule has 0 heterocycles. The van der Waals surface area contributed by atoms with Crippen molar-refractivity contribution in [3.8, 4) is 0 Å². The molecule has 0 radical (unpaired) electrons. The van der Waals surface area contributed by atoms with Crippen molar-refractivity contribution < 1.29 is 17.9 Å². The van der Waals surface area contributed by atoms with E-state index in [4.69, 9.17) is 0 Å². The van der Waals surface area contributed by atoms with E-state index in [1.165, 1.54) is 19.2 Å². The van der Waals surface area contributed by atoms with E-state index in [-0.39, 0.29) is 4.90 Å². The van der Waals surface area contributed by atoms with Crippen LogP contribution in [0.25, 0.3) is 0 Å². The molecular weight excluding hydrogens is 242 g/mol. The lowest BCUT2D eigenvalue weighted by Gasteiger charge is -2.14. The van der Waals surface area contributed by atoms with Gasteiger partial charge < -0.3 is 4.74 Å². The Morgan fingerprint density at radius 2 is 1.94 bits per heavy atom. The fraction of sp³-hybridized carbons (Fsp3) is 0.364. The highest BCUT2D eigenvalue weighted by Crippen LogP contribution is 2.09. The van der Waals surface area contributed by atoms with Crippen molar-refractivity contribution in [3.05, 3.63) is 30.3 Å². The highest BCUT2D eigenvalue weighted by atomic mass is 32.2. The summed E-state index contributed by atoms with van der Waals surface area (Å²) < 4.78 is 30.6. The van der Waals surface area contributed by atoms with Crippen molar-refractivity contribution in [1.82, 2.24) is 4.72 Å². The molecule has 0 aliphatic rings. The molecule has 0 bridgehead atoms. The summed E-state index contributed by atoms with van der Waals surface area (Å²) in [5, 5.41) is 0. The number of methoxy groups -OCH3 is 1. The monoisotopic (exact) mass is 257 g/mol. The summed E-state index contributed by atoms with van der Waals surface area (Å²) in [6, 6.07) is 7.03. The molecule has 0 amide bonds. The average Bonchev–Trinajstić information content (AvgIpc) is 2.36. The molecular formula is C11H15NO4S. The number of hydrogen-bond donors (Lipinski definition) is 1. The van der Waals surface area contributed by atoms with Crippen molar-refractivity contribution in [2.45, 2.75) is 24.3 Å². The van der Waals surface area contributed by atoms with Gasteiger partial charge in [-0.15, -0.1) is 0 Å². The summed E-state index contributed by atoms with van der Waals surface area (Å²) in [4.78, 5) is 11.4. The van der Waals surface area contributed by atoms with Crippen molar-refractivity contribution in [1.29, 1.82) is 0 Å². The molecule has 0 saturated carbocycles. The fourth-order valence-corrected chi connectivity index (χ4v) is 2.58. The second-order valence-corrected chi connectivity index (χ2v) is 5.13. The third kappa shape index (κ3) is 3.54. The van der Waals surface area contributed by atoms with Crippen LogP contribution in [0.5, 0.6) is 0 Å². The summed E-state index contributed by atoms with van der Waals surface area (Å²) in [6.07, 6.45) is 0.332. The van der Waals surface area contributed by atoms with E-state index in [2.05, 4.69) is 9.46 Å². The van der Waals surface area contributed by atoms with Crippen LogP contribution in [-0.4, -0.2) is 27.5 Å². The van der Waals surface area contributed by atoms with Crippen LogP contribution in [-0.2, 0) is 19.6 Å². The quantitative estimate of drug-likeness (QED) is 0.796. The van der Waals surface area contributed by atoms with E-state index in [0.717, 1.165) is 0 Å². The first-order valence-corrected chi connectivity index (χ1v) is 6.64. The lowest BCUT2D eigenvalue weighted by molar-refractivity contribution is -0.142. The molecule has 1 N–H and O–H groups in total. The molecule has 6 heteroatoms. The molecule has 1 atom stereocenters. The normalized spacial score (nSPS) is 13.1. The molecule has 0 spiro atoms. The predicted octanol–water partition coefficient (Wildman–Crippen LogP) is 0.917. The predicted molar refractivity (Wildman–Crippen MR) is 62.9 cm³/mol. The van der Waals surface area contributed by atoms with Crippen LogP contribution in [0.4, 0.5) is 0 Å². The van der Waals surface area contributed by atoms with Gasteiger partial charge in [0.2, 0.25) is 10.0 Å². The van der Waals surface area contributed by atoms with Crippen LogP contribution in [0.1, 0.15) is 13.3 Å². The van der Waals surface area contributed by atoms with Crippen LogP contribution >= 0.6 is 0 Å². The van der Waals surface area contributed by atoms with Gasteiger partial charge in [-0.25, -0.2) is 8.42 Å². The molecule has 17 heavy (non-hydrogen) atoms. The zero-order valence-electron chi connectivity index (χ0n) is 9.71. The van der Waals surface area contributed by atoms with Gasteiger partial charge in [0.25, 0.3) is 0 Å². The maximum Gasteiger partial charge on any atom is 0.323 e. The van der Waals surface area contributed by atoms with Gasteiger partial charge in [0.1, 0.15) is 6.04 Å². The Bertz CT molecular complexity index is 470. The summed E-state index contributed by atoms with van der Waals surface area (Å²) in [6.45, 7) is 1.70. The van der Waals surface area contributed by atoms with Crippen molar-refractivity contribution in [2.24, 2.45) is 0 Å². The Labute approximate surface area is 101 Å². The zero-order valence-corrected chi connectivity index (χ0v) is 10.5. The highest BCUT2D eigenvalue weighted by molar-refractivity contribution is 7.89. The van der Waals surface area contributed by atoms with Crippen molar-refractivity contribution >= 4 is 16.0 Å². The number of nitrogens with one attached hydrogen (secondary N) is 1. The molecule has 0 unspecified atom stereocenters. The van der Waals surface area contributed by atoms with E-state index in [0.29, 0.717) is 6.42 Å². The Morgan fingerprint density at radius 1 is 1.35 bits per heavy atom. The second-order valence-electron chi connectivity index (χ2n) is 3.42. The second kappa shape index (κ2) is 5.79. The summed E-state index contributed by atoms with van der Waals surface area (Å²) >= 11 is 0. The SMILES string of the molecule is CC[C@H](NS(=O)(=O)c1ccccc1)C(=O)OC. The first kappa shape index (κ1) is 13.7. The fourth-order valence-electron chi connectivity index (χ4n) is 1.30. The van der Waals surface area contributed by atoms with Gasteiger partial charge in [-0.05, 0) is 18.6 Å². The molecule has 0 aliphatic heterocycles. The van der Waals surface area contributed by atoms with Crippen molar-refractivity contribution in [2.75, 3.05) is 7.11 Å². The number of carbonyl (C=O) groups excluding carboxylic acids is 1. The molecule has 1 rings (SSSR count). The molecule has 0 fully saturated rings. The van der Waals surface area contributed by atoms with Gasteiger partial charge in [0, 0.05) is 0 Å². The van der Waals surface area contributed by atoms with Crippen LogP contribution < -0.4 is 4.72 Å². The Balaban J connectivity index is 2.90. The highest BCUT2D eigenvalue weighted by Gasteiger charge is 2.24. The summed E-state index contributed by atoms with van der Waals surface area (Å²) in [5.41, 5.74) is 0. The minimum absolute atomic E-state index is 0.127. The van der Waals surface area contributed by atoms with Gasteiger partial charge in [-0.3, -0.25) is 4.79 Å². The van der Waals surface area contributed by atoms with Crippen LogP contribution in [0.3, 0.4) is 0 Å². The number of carbonyl (C=O) groups is 1. The number of rotatable bonds is 5. The summed E-state index contributed by atoms with van der Waals surface area (Å²) in [7, 11) is -2.45. The van der Waals surface area contributed by atoms with E-state index in [9.17, 15) is 13.2 Å². The standard InChI is InChI=1S/C11H15NO4S/c1-3-10(11(13)16-2)12-17(14,15)9-7-5-4-6-8-9/h4-8,10,12H,3H2,1-2H3/t10-/m0/s1. The van der Waals surface area contributed by atoms with E-state index >= 15 is 0 Å². The Kier molecular flexibility index (Phi) is 4.65. The first-order chi connectivity index (χ1) is 8.01. The van der Waals surface area contributed by atoms with Crippen LogP contribution in [0.15, 0.2) is 35.2 Å². The lowest BCUT2D eigenvalue weighted by atomic mass is 10.2. The molecule has 5 nitrogen and oxygen atoms in total. The van der Waals surface area contributed by atoms with Gasteiger partial charge in [0.05, 0.1) is 12.0 Å². The smallest absolute Gasteiger partial charge is 0.323 e. The third-order valence-corrected chi connectivity index (χ3v) is 3.73. The molecule has 0 aromatic heterocycles. The van der Waals surface area contributed by atoms with E-state index in [1.807, 2.05) is 0 Å². The molecule has 0 saturated heterocycles. The topological polar surface area (TPSA) is 72.5 Å². The molecule has 1 aromatic rings. The first-order valence-electron chi connectivity index (χ1n) is 5.16. The average molecular weight is 257 g/mol. The number of esters is 1. The lowest BCUT2D eigenvalue weighted by Crippen LogP contribution is -2.40. The maximum atomic E-state index is 11.9. The third-order valence-electron chi connectivity index (χ3n) is 2.24. The molecule has 0 aliphatic carbocycles. The van der Waals surface area contributed by atoms with Gasteiger partial charge in [0.15, 0.2) is 0 Å². The number of sulfonamides is 1. The molecule has 94 valence electrons. The van der Waals surface area contributed by atoms with E-state index in [1.54, 1.807) is 25.1 Å². The van der Waals surface area contributed by atoms with E-state index < -0.39 is 22.0 Å². The minimum Gasteiger partial charge on any atom is -0.468 e. The summed E-state index contributed by atoms with van der Waals surface area (Å²) in [5.74, 6) is -0.591. The molecule has 1 aromatic carbocycles. The number of hydrogen-bond acceptors (Lipinski definition) is 4. The van der Waals surface area contributed by atoms with Gasteiger partial charge >= 0.3 is 5.97 Å². The number of benzene rings is 1. The van der Waals surface area contributed by atoms with Gasteiger partial charge in [-0.1, -0.05) is 25.1 Å². The minimum atomic E-state index is -3.68. The van der Waals surface area contributed by atoms with Gasteiger partial charge in [-0.2, -0.15) is 4.72 Å². The largest absolute Gasteiger partial charge is 0.468 e.